The summed E-state index contributed by atoms with van der Waals surface area (Å²) in [6.07, 6.45) is -0.746. The van der Waals surface area contributed by atoms with Crippen molar-refractivity contribution in [3.8, 4) is 0 Å². The predicted molar refractivity (Wildman–Crippen MR) is 184 cm³/mol. The van der Waals surface area contributed by atoms with Gasteiger partial charge in [-0.2, -0.15) is 0 Å². The predicted octanol–water partition coefficient (Wildman–Crippen LogP) is 1.26. The van der Waals surface area contributed by atoms with Crippen LogP contribution in [0.5, 0.6) is 0 Å². The van der Waals surface area contributed by atoms with Gasteiger partial charge in [0.1, 0.15) is 43.4 Å². The van der Waals surface area contributed by atoms with Crippen molar-refractivity contribution >= 4 is 41.8 Å². The fourth-order valence-electron chi connectivity index (χ4n) is 5.74. The van der Waals surface area contributed by atoms with E-state index in [4.69, 9.17) is 28.4 Å². The third kappa shape index (κ3) is 11.4. The molecular formula is C37H48N2O14. The number of nitrogens with one attached hydrogen (secondary N) is 2. The monoisotopic (exact) mass is 744 g/mol. The van der Waals surface area contributed by atoms with Crippen LogP contribution in [0.3, 0.4) is 0 Å². The molecule has 0 saturated carbocycles. The van der Waals surface area contributed by atoms with Gasteiger partial charge in [-0.15, -0.1) is 0 Å². The van der Waals surface area contributed by atoms with E-state index in [0.717, 1.165) is 6.08 Å². The van der Waals surface area contributed by atoms with Gasteiger partial charge in [-0.25, -0.2) is 14.4 Å². The van der Waals surface area contributed by atoms with Crippen LogP contribution in [0.1, 0.15) is 76.7 Å². The van der Waals surface area contributed by atoms with Gasteiger partial charge in [0.15, 0.2) is 0 Å². The van der Waals surface area contributed by atoms with E-state index in [1.165, 1.54) is 31.2 Å². The maximum atomic E-state index is 13.4. The lowest BCUT2D eigenvalue weighted by Crippen LogP contribution is -2.55. The molecule has 4 rings (SSSR count). The lowest BCUT2D eigenvalue weighted by molar-refractivity contribution is -0.159. The lowest BCUT2D eigenvalue weighted by atomic mass is 9.90. The molecule has 2 saturated heterocycles. The number of aliphatic hydroxyl groups excluding tert-OH is 2. The van der Waals surface area contributed by atoms with E-state index in [2.05, 4.69) is 10.6 Å². The quantitative estimate of drug-likeness (QED) is 0.120. The number of amides is 2. The normalized spacial score (nSPS) is 23.8. The minimum absolute atomic E-state index is 0.0582. The number of benzene rings is 1. The number of carbonyl (C=O) groups excluding carboxylic acids is 6. The van der Waals surface area contributed by atoms with Gasteiger partial charge in [0.2, 0.25) is 17.9 Å². The van der Waals surface area contributed by atoms with Gasteiger partial charge in [0.25, 0.3) is 0 Å². The van der Waals surface area contributed by atoms with Crippen molar-refractivity contribution in [1.29, 1.82) is 0 Å². The molecule has 0 radical (unpaired) electrons. The Hall–Kier alpha value is -4.64. The number of fused-ring (bicyclic) bond motifs is 1. The van der Waals surface area contributed by atoms with Crippen LogP contribution in [-0.4, -0.2) is 114 Å². The van der Waals surface area contributed by atoms with Crippen LogP contribution >= 0.6 is 0 Å². The van der Waals surface area contributed by atoms with E-state index in [0.29, 0.717) is 5.56 Å². The number of aliphatic hydroxyl groups is 2. The molecule has 0 aromatic heterocycles. The first kappa shape index (κ1) is 41.1. The van der Waals surface area contributed by atoms with Crippen LogP contribution < -0.4 is 10.6 Å². The zero-order valence-corrected chi connectivity index (χ0v) is 30.6. The smallest absolute Gasteiger partial charge is 0.348 e. The highest BCUT2D eigenvalue weighted by Crippen LogP contribution is 2.32. The van der Waals surface area contributed by atoms with Crippen LogP contribution in [-0.2, 0) is 52.4 Å². The molecule has 2 heterocycles. The zero-order chi connectivity index (χ0) is 39.1. The van der Waals surface area contributed by atoms with Gasteiger partial charge in [0, 0.05) is 29.9 Å². The number of cyclic esters (lactones) is 1. The van der Waals surface area contributed by atoms with E-state index in [1.54, 1.807) is 46.8 Å². The number of hydrogen-bond acceptors (Lipinski definition) is 14. The molecule has 1 aromatic carbocycles. The first-order chi connectivity index (χ1) is 24.9. The Balaban J connectivity index is 1.34. The van der Waals surface area contributed by atoms with Crippen molar-refractivity contribution in [2.45, 2.75) is 109 Å². The Morgan fingerprint density at radius 1 is 1.06 bits per heavy atom. The van der Waals surface area contributed by atoms with Crippen molar-refractivity contribution in [2.75, 3.05) is 20.0 Å². The third-order valence-electron chi connectivity index (χ3n) is 8.59. The Morgan fingerprint density at radius 2 is 1.75 bits per heavy atom. The summed E-state index contributed by atoms with van der Waals surface area (Å²) in [5.41, 5.74) is -0.491. The molecule has 16 nitrogen and oxygen atoms in total. The van der Waals surface area contributed by atoms with Gasteiger partial charge in [-0.05, 0) is 64.0 Å². The SMILES string of the molecule is CC(O)C(NC(=O)C1=CC2OCOC2C(OC(=O)c2ccc(C=CC(=O)OC3C(=O)OCC3(C)C)cc2)C1)C(=O)NC(CO)CCC(=O)OC(C)(C)C. The Kier molecular flexibility index (Phi) is 13.5. The molecule has 2 amide bonds. The number of carbonyl (C=O) groups is 6. The van der Waals surface area contributed by atoms with Gasteiger partial charge >= 0.3 is 23.9 Å². The summed E-state index contributed by atoms with van der Waals surface area (Å²) in [6.45, 7) is 9.51. The summed E-state index contributed by atoms with van der Waals surface area (Å²) < 4.78 is 32.5. The molecule has 53 heavy (non-hydrogen) atoms. The standard InChI is InChI=1S/C37H48N2O14/c1-20(41)29(33(45)38-24(17-40)12-14-28(43)53-36(2,3)4)39-32(44)23-15-25-30(50-19-49-25)26(16-23)51-34(46)22-10-7-21(8-11-22)9-13-27(42)52-31-35(47)48-18-37(31,5)6/h7-11,13,15,20,24-26,29-31,40-41H,12,14,16-19H2,1-6H3,(H,38,45)(H,39,44). The molecule has 4 N–H and O–H groups in total. The van der Waals surface area contributed by atoms with E-state index >= 15 is 0 Å². The van der Waals surface area contributed by atoms with Crippen molar-refractivity contribution in [2.24, 2.45) is 5.41 Å². The molecule has 290 valence electrons. The van der Waals surface area contributed by atoms with Crippen LogP contribution in [0.2, 0.25) is 0 Å². The average molecular weight is 745 g/mol. The minimum atomic E-state index is -1.43. The van der Waals surface area contributed by atoms with Crippen LogP contribution in [0.15, 0.2) is 42.0 Å². The molecule has 7 atom stereocenters. The molecule has 2 fully saturated rings. The van der Waals surface area contributed by atoms with E-state index < -0.39 is 95.9 Å². The van der Waals surface area contributed by atoms with Gasteiger partial charge in [-0.1, -0.05) is 26.0 Å². The molecule has 1 aromatic rings. The number of hydrogen-bond donors (Lipinski definition) is 4. The largest absolute Gasteiger partial charge is 0.462 e. The van der Waals surface area contributed by atoms with Crippen LogP contribution in [0, 0.1) is 5.41 Å². The van der Waals surface area contributed by atoms with Crippen LogP contribution in [0.25, 0.3) is 6.08 Å². The van der Waals surface area contributed by atoms with E-state index in [-0.39, 0.29) is 43.8 Å². The topological polar surface area (TPSA) is 222 Å². The molecular weight excluding hydrogens is 696 g/mol. The molecule has 3 aliphatic rings. The fraction of sp³-hybridized carbons (Fsp3) is 0.568. The lowest BCUT2D eigenvalue weighted by Gasteiger charge is -2.31. The van der Waals surface area contributed by atoms with Crippen molar-refractivity contribution in [3.63, 3.8) is 0 Å². The number of rotatable bonds is 14. The summed E-state index contributed by atoms with van der Waals surface area (Å²) in [5, 5.41) is 25.2. The second-order valence-electron chi connectivity index (χ2n) is 14.8. The molecule has 2 aliphatic heterocycles. The first-order valence-electron chi connectivity index (χ1n) is 17.3. The number of esters is 4. The molecule has 0 spiro atoms. The van der Waals surface area contributed by atoms with E-state index in [1.807, 2.05) is 0 Å². The zero-order valence-electron chi connectivity index (χ0n) is 30.6. The van der Waals surface area contributed by atoms with Crippen molar-refractivity contribution in [3.05, 3.63) is 53.1 Å². The summed E-state index contributed by atoms with van der Waals surface area (Å²) >= 11 is 0. The Bertz CT molecular complexity index is 1590. The molecule has 16 heteroatoms. The highest BCUT2D eigenvalue weighted by atomic mass is 16.7. The minimum Gasteiger partial charge on any atom is -0.462 e. The number of ether oxygens (including phenoxy) is 6. The average Bonchev–Trinajstić information content (AvgIpc) is 3.67. The van der Waals surface area contributed by atoms with Crippen LogP contribution in [0.4, 0.5) is 0 Å². The molecule has 1 aliphatic carbocycles. The maximum Gasteiger partial charge on any atom is 0.348 e. The maximum absolute atomic E-state index is 13.4. The van der Waals surface area contributed by atoms with Gasteiger partial charge in [0.05, 0.1) is 24.3 Å². The second-order valence-corrected chi connectivity index (χ2v) is 14.8. The summed E-state index contributed by atoms with van der Waals surface area (Å²) in [6, 6.07) is 3.84. The summed E-state index contributed by atoms with van der Waals surface area (Å²) in [5.74, 6) is -4.06. The summed E-state index contributed by atoms with van der Waals surface area (Å²) in [4.78, 5) is 76.0. The third-order valence-corrected chi connectivity index (χ3v) is 8.59. The van der Waals surface area contributed by atoms with Crippen molar-refractivity contribution < 1.29 is 67.4 Å². The van der Waals surface area contributed by atoms with Crippen molar-refractivity contribution in [1.82, 2.24) is 10.6 Å². The Morgan fingerprint density at radius 3 is 2.36 bits per heavy atom. The van der Waals surface area contributed by atoms with E-state index in [9.17, 15) is 39.0 Å². The fourth-order valence-corrected chi connectivity index (χ4v) is 5.74. The highest BCUT2D eigenvalue weighted by Gasteiger charge is 2.46. The summed E-state index contributed by atoms with van der Waals surface area (Å²) in [7, 11) is 0. The second kappa shape index (κ2) is 17.5. The first-order valence-corrected chi connectivity index (χ1v) is 17.3. The molecule has 0 bridgehead atoms. The van der Waals surface area contributed by atoms with Gasteiger partial charge < -0.3 is 49.3 Å². The van der Waals surface area contributed by atoms with Gasteiger partial charge in [-0.3, -0.25) is 14.4 Å². The highest BCUT2D eigenvalue weighted by molar-refractivity contribution is 5.98. The molecule has 7 unspecified atom stereocenters. The Labute approximate surface area is 307 Å².